The second kappa shape index (κ2) is 8.70. The Morgan fingerprint density at radius 2 is 2.16 bits per heavy atom. The number of rotatable bonds is 3. The first-order valence-electron chi connectivity index (χ1n) is 8.91. The van der Waals surface area contributed by atoms with E-state index in [2.05, 4.69) is 33.4 Å². The molecule has 1 aromatic rings. The van der Waals surface area contributed by atoms with Crippen molar-refractivity contribution in [1.82, 2.24) is 5.32 Å². The molecule has 3 rings (SSSR count). The summed E-state index contributed by atoms with van der Waals surface area (Å²) in [6, 6.07) is 1.60. The standard InChI is InChI=1S/C18H20BrClFNO.C2H6/c1-3-6-11(4-2)18(15-7-5-8-22-15)10-12-14(23-18)9-13(21)17(20)16(12)19;1-2/h3-4,6,9,15,22H,5,7-8,10H2,1-2H3;1-2H3/b6-3-,11-4+;. The van der Waals surface area contributed by atoms with Crippen molar-refractivity contribution >= 4 is 27.5 Å². The van der Waals surface area contributed by atoms with E-state index in [0.717, 1.165) is 30.5 Å². The van der Waals surface area contributed by atoms with E-state index in [1.807, 2.05) is 33.8 Å². The van der Waals surface area contributed by atoms with Gasteiger partial charge in [-0.2, -0.15) is 0 Å². The second-order valence-corrected chi connectivity index (χ2v) is 7.20. The maximum Gasteiger partial charge on any atom is 0.153 e. The number of hydrogen-bond acceptors (Lipinski definition) is 2. The Hall–Kier alpha value is -0.840. The fourth-order valence-corrected chi connectivity index (χ4v) is 4.36. The predicted octanol–water partition coefficient (Wildman–Crippen LogP) is 6.22. The van der Waals surface area contributed by atoms with Gasteiger partial charge in [0.2, 0.25) is 0 Å². The van der Waals surface area contributed by atoms with Crippen molar-refractivity contribution in [3.63, 3.8) is 0 Å². The molecule has 1 fully saturated rings. The van der Waals surface area contributed by atoms with Crippen LogP contribution >= 0.6 is 27.5 Å². The summed E-state index contributed by atoms with van der Waals surface area (Å²) >= 11 is 9.51. The van der Waals surface area contributed by atoms with Gasteiger partial charge in [-0.15, -0.1) is 0 Å². The summed E-state index contributed by atoms with van der Waals surface area (Å²) in [6.07, 6.45) is 9.01. The lowest BCUT2D eigenvalue weighted by Crippen LogP contribution is -2.52. The van der Waals surface area contributed by atoms with Gasteiger partial charge >= 0.3 is 0 Å². The molecule has 2 aliphatic rings. The van der Waals surface area contributed by atoms with Crippen molar-refractivity contribution in [2.75, 3.05) is 6.54 Å². The van der Waals surface area contributed by atoms with Gasteiger partial charge in [0.1, 0.15) is 11.6 Å². The van der Waals surface area contributed by atoms with Gasteiger partial charge in [0, 0.05) is 22.5 Å². The maximum atomic E-state index is 14.0. The summed E-state index contributed by atoms with van der Waals surface area (Å²) in [6.45, 7) is 8.99. The minimum Gasteiger partial charge on any atom is -0.480 e. The van der Waals surface area contributed by atoms with Crippen LogP contribution in [0.15, 0.2) is 34.3 Å². The average Bonchev–Trinajstić information content (AvgIpc) is 3.28. The molecule has 138 valence electrons. The smallest absolute Gasteiger partial charge is 0.153 e. The van der Waals surface area contributed by atoms with Crippen LogP contribution in [0.1, 0.15) is 46.1 Å². The number of fused-ring (bicyclic) bond motifs is 1. The van der Waals surface area contributed by atoms with Gasteiger partial charge in [-0.1, -0.05) is 43.7 Å². The van der Waals surface area contributed by atoms with Crippen LogP contribution in [-0.4, -0.2) is 18.2 Å². The Kier molecular flexibility index (Phi) is 7.12. The first kappa shape index (κ1) is 20.5. The largest absolute Gasteiger partial charge is 0.480 e. The average molecular weight is 431 g/mol. The minimum absolute atomic E-state index is 0.121. The molecule has 0 spiro atoms. The Labute approximate surface area is 163 Å². The zero-order valence-corrected chi connectivity index (χ0v) is 17.6. The SMILES string of the molecule is C/C=C\C(=C/C)C1(C2CCCN2)Cc2c(cc(F)c(Cl)c2Br)O1.CC. The van der Waals surface area contributed by atoms with E-state index in [1.54, 1.807) is 0 Å². The van der Waals surface area contributed by atoms with Crippen LogP contribution in [0.5, 0.6) is 5.75 Å². The zero-order valence-electron chi connectivity index (χ0n) is 15.3. The van der Waals surface area contributed by atoms with Crippen LogP contribution in [0.3, 0.4) is 0 Å². The summed E-state index contributed by atoms with van der Waals surface area (Å²) in [5.74, 6) is 0.122. The molecule has 2 aliphatic heterocycles. The summed E-state index contributed by atoms with van der Waals surface area (Å²) in [5.41, 5.74) is 1.53. The Balaban J connectivity index is 0.00000109. The van der Waals surface area contributed by atoms with Gasteiger partial charge in [0.15, 0.2) is 5.60 Å². The molecule has 1 N–H and O–H groups in total. The number of benzene rings is 1. The fourth-order valence-electron chi connectivity index (χ4n) is 3.66. The summed E-state index contributed by atoms with van der Waals surface area (Å²) < 4.78 is 21.0. The van der Waals surface area contributed by atoms with Gasteiger partial charge < -0.3 is 10.1 Å². The molecule has 1 aromatic carbocycles. The summed E-state index contributed by atoms with van der Waals surface area (Å²) in [5, 5.41) is 3.68. The van der Waals surface area contributed by atoms with E-state index < -0.39 is 11.4 Å². The van der Waals surface area contributed by atoms with Crippen LogP contribution in [0.4, 0.5) is 4.39 Å². The molecule has 25 heavy (non-hydrogen) atoms. The molecule has 0 aromatic heterocycles. The summed E-state index contributed by atoms with van der Waals surface area (Å²) in [4.78, 5) is 0. The molecular weight excluding hydrogens is 405 g/mol. The van der Waals surface area contributed by atoms with Gasteiger partial charge in [-0.3, -0.25) is 0 Å². The van der Waals surface area contributed by atoms with E-state index in [0.29, 0.717) is 16.6 Å². The monoisotopic (exact) mass is 429 g/mol. The molecule has 0 radical (unpaired) electrons. The third kappa shape index (κ3) is 3.67. The Morgan fingerprint density at radius 3 is 2.72 bits per heavy atom. The lowest BCUT2D eigenvalue weighted by atomic mass is 9.81. The van der Waals surface area contributed by atoms with Crippen LogP contribution in [0, 0.1) is 5.82 Å². The highest BCUT2D eigenvalue weighted by atomic mass is 79.9. The van der Waals surface area contributed by atoms with Crippen molar-refractivity contribution < 1.29 is 9.13 Å². The van der Waals surface area contributed by atoms with Gasteiger partial charge in [-0.05, 0) is 54.7 Å². The van der Waals surface area contributed by atoms with Gasteiger partial charge in [-0.25, -0.2) is 4.39 Å². The van der Waals surface area contributed by atoms with Crippen molar-refractivity contribution in [3.05, 3.63) is 50.7 Å². The van der Waals surface area contributed by atoms with Crippen molar-refractivity contribution in [1.29, 1.82) is 0 Å². The van der Waals surface area contributed by atoms with E-state index in [4.69, 9.17) is 16.3 Å². The lowest BCUT2D eigenvalue weighted by molar-refractivity contribution is 0.0978. The van der Waals surface area contributed by atoms with Crippen LogP contribution in [-0.2, 0) is 6.42 Å². The molecule has 2 heterocycles. The third-order valence-corrected chi connectivity index (χ3v) is 6.20. The maximum absolute atomic E-state index is 14.0. The molecule has 2 atom stereocenters. The molecule has 5 heteroatoms. The lowest BCUT2D eigenvalue weighted by Gasteiger charge is -2.36. The van der Waals surface area contributed by atoms with Crippen LogP contribution in [0.2, 0.25) is 5.02 Å². The number of allylic oxidation sites excluding steroid dienone is 2. The molecule has 0 aliphatic carbocycles. The molecule has 2 nitrogen and oxygen atoms in total. The van der Waals surface area contributed by atoms with Crippen molar-refractivity contribution in [2.45, 2.75) is 58.6 Å². The van der Waals surface area contributed by atoms with Crippen molar-refractivity contribution in [2.24, 2.45) is 0 Å². The highest BCUT2D eigenvalue weighted by Gasteiger charge is 2.49. The second-order valence-electron chi connectivity index (χ2n) is 6.02. The van der Waals surface area contributed by atoms with E-state index in [9.17, 15) is 4.39 Å². The number of hydrogen-bond donors (Lipinski definition) is 1. The summed E-state index contributed by atoms with van der Waals surface area (Å²) in [7, 11) is 0. The number of ether oxygens (including phenoxy) is 1. The quantitative estimate of drug-likeness (QED) is 0.454. The first-order valence-corrected chi connectivity index (χ1v) is 10.1. The fraction of sp³-hybridized carbons (Fsp3) is 0.500. The zero-order chi connectivity index (χ0) is 18.6. The Bertz CT molecular complexity index is 683. The molecule has 0 bridgehead atoms. The molecule has 2 unspecified atom stereocenters. The normalized spacial score (nSPS) is 25.6. The Morgan fingerprint density at radius 1 is 1.44 bits per heavy atom. The highest BCUT2D eigenvalue weighted by molar-refractivity contribution is 9.10. The molecule has 1 saturated heterocycles. The predicted molar refractivity (Wildman–Crippen MR) is 107 cm³/mol. The van der Waals surface area contributed by atoms with E-state index >= 15 is 0 Å². The number of nitrogens with one attached hydrogen (secondary N) is 1. The van der Waals surface area contributed by atoms with E-state index in [-0.39, 0.29) is 11.1 Å². The van der Waals surface area contributed by atoms with Crippen LogP contribution < -0.4 is 10.1 Å². The minimum atomic E-state index is -0.514. The van der Waals surface area contributed by atoms with Gasteiger partial charge in [0.05, 0.1) is 11.1 Å². The van der Waals surface area contributed by atoms with Gasteiger partial charge in [0.25, 0.3) is 0 Å². The molecule has 0 saturated carbocycles. The van der Waals surface area contributed by atoms with Crippen LogP contribution in [0.25, 0.3) is 0 Å². The van der Waals surface area contributed by atoms with Crippen molar-refractivity contribution in [3.8, 4) is 5.75 Å². The highest BCUT2D eigenvalue weighted by Crippen LogP contribution is 2.48. The first-order chi connectivity index (χ1) is 12.0. The number of halogens is 3. The molecule has 0 amide bonds. The third-order valence-electron chi connectivity index (χ3n) is 4.72. The van der Waals surface area contributed by atoms with E-state index in [1.165, 1.54) is 6.07 Å². The molecular formula is C20H26BrClFNO. The topological polar surface area (TPSA) is 21.3 Å².